The number of fused-ring (bicyclic) bond motifs is 3. The van der Waals surface area contributed by atoms with Gasteiger partial charge in [-0.1, -0.05) is 35.3 Å². The smallest absolute Gasteiger partial charge is 0.273 e. The highest BCUT2D eigenvalue weighted by atomic mass is 35.5. The van der Waals surface area contributed by atoms with Crippen molar-refractivity contribution in [2.45, 2.75) is 25.7 Å². The molecule has 0 atom stereocenters. The third-order valence-electron chi connectivity index (χ3n) is 7.41. The van der Waals surface area contributed by atoms with Crippen molar-refractivity contribution >= 4 is 57.6 Å². The van der Waals surface area contributed by atoms with Crippen molar-refractivity contribution in [2.24, 2.45) is 0 Å². The lowest BCUT2D eigenvalue weighted by Crippen LogP contribution is -2.26. The zero-order valence-electron chi connectivity index (χ0n) is 22.8. The van der Waals surface area contributed by atoms with Gasteiger partial charge in [-0.15, -0.1) is 0 Å². The van der Waals surface area contributed by atoms with Gasteiger partial charge in [-0.05, 0) is 74.2 Å². The fraction of sp³-hybridized carbons (Fsp3) is 0.276. The highest BCUT2D eigenvalue weighted by Gasteiger charge is 2.23. The SMILES string of the molecule is Cc1cc(Nc2ncc3c(=O)n(-c4c(Cl)cccc4Cl)c4nc(C(=O)N(C)C)cn4c3n2)ccc1C1CCNCC1. The lowest BCUT2D eigenvalue weighted by Gasteiger charge is -2.24. The average molecular weight is 592 g/mol. The van der Waals surface area contributed by atoms with E-state index < -0.39 is 5.56 Å². The second kappa shape index (κ2) is 10.8. The van der Waals surface area contributed by atoms with Gasteiger partial charge in [-0.25, -0.2) is 14.5 Å². The average Bonchev–Trinajstić information content (AvgIpc) is 3.40. The number of carbonyl (C=O) groups excluding carboxylic acids is 1. The first-order valence-corrected chi connectivity index (χ1v) is 14.0. The van der Waals surface area contributed by atoms with Crippen LogP contribution in [0, 0.1) is 6.92 Å². The Bertz CT molecular complexity index is 1850. The fourth-order valence-electron chi connectivity index (χ4n) is 5.37. The minimum atomic E-state index is -0.467. The molecule has 0 saturated carbocycles. The van der Waals surface area contributed by atoms with Crippen LogP contribution in [0.1, 0.15) is 40.4 Å². The molecule has 1 aliphatic rings. The number of aryl methyl sites for hydroxylation is 1. The predicted molar refractivity (Wildman–Crippen MR) is 161 cm³/mol. The largest absolute Gasteiger partial charge is 0.343 e. The first-order chi connectivity index (χ1) is 19.7. The van der Waals surface area contributed by atoms with Crippen molar-refractivity contribution in [3.63, 3.8) is 0 Å². The normalized spacial score (nSPS) is 14.1. The number of benzene rings is 2. The number of amides is 1. The molecule has 0 radical (unpaired) electrons. The maximum Gasteiger partial charge on any atom is 0.273 e. The number of para-hydroxylation sites is 1. The Morgan fingerprint density at radius 1 is 1.10 bits per heavy atom. The number of halogens is 2. The molecule has 1 amide bonds. The van der Waals surface area contributed by atoms with Crippen LogP contribution in [0.5, 0.6) is 0 Å². The summed E-state index contributed by atoms with van der Waals surface area (Å²) in [7, 11) is 3.26. The standard InChI is InChI=1S/C29H28Cl2N8O2/c1-16-13-18(7-8-19(16)17-9-11-32-12-10-17)34-28-33-14-20-25(36-28)38-15-23(27(41)37(2)3)35-29(38)39(26(20)40)24-21(30)5-4-6-22(24)31/h4-8,13-15,17,32H,9-12H2,1-3H3,(H,33,34,36). The van der Waals surface area contributed by atoms with Crippen LogP contribution >= 0.6 is 23.2 Å². The molecule has 2 N–H and O–H groups in total. The van der Waals surface area contributed by atoms with Gasteiger partial charge >= 0.3 is 0 Å². The van der Waals surface area contributed by atoms with Gasteiger partial charge in [-0.2, -0.15) is 4.98 Å². The van der Waals surface area contributed by atoms with Gasteiger partial charge in [0.1, 0.15) is 11.1 Å². The van der Waals surface area contributed by atoms with E-state index in [1.54, 1.807) is 42.9 Å². The second-order valence-electron chi connectivity index (χ2n) is 10.4. The van der Waals surface area contributed by atoms with Crippen LogP contribution in [0.2, 0.25) is 10.0 Å². The zero-order chi connectivity index (χ0) is 28.8. The highest BCUT2D eigenvalue weighted by molar-refractivity contribution is 6.37. The van der Waals surface area contributed by atoms with Gasteiger partial charge < -0.3 is 15.5 Å². The molecule has 5 aromatic rings. The van der Waals surface area contributed by atoms with Crippen LogP contribution in [-0.2, 0) is 0 Å². The van der Waals surface area contributed by atoms with Crippen molar-refractivity contribution in [2.75, 3.05) is 32.5 Å². The lowest BCUT2D eigenvalue weighted by atomic mass is 9.87. The minimum Gasteiger partial charge on any atom is -0.343 e. The number of rotatable bonds is 5. The van der Waals surface area contributed by atoms with Gasteiger partial charge in [-0.3, -0.25) is 14.0 Å². The van der Waals surface area contributed by atoms with Crippen LogP contribution in [-0.4, -0.2) is 61.9 Å². The molecule has 6 rings (SSSR count). The Morgan fingerprint density at radius 3 is 2.51 bits per heavy atom. The van der Waals surface area contributed by atoms with E-state index in [0.29, 0.717) is 11.9 Å². The van der Waals surface area contributed by atoms with Gasteiger partial charge in [0.25, 0.3) is 11.5 Å². The monoisotopic (exact) mass is 590 g/mol. The van der Waals surface area contributed by atoms with Gasteiger partial charge in [0.05, 0.1) is 15.7 Å². The molecule has 2 aromatic carbocycles. The molecule has 1 fully saturated rings. The van der Waals surface area contributed by atoms with Gasteiger partial charge in [0, 0.05) is 32.2 Å². The molecule has 10 nitrogen and oxygen atoms in total. The zero-order valence-corrected chi connectivity index (χ0v) is 24.3. The van der Waals surface area contributed by atoms with Crippen molar-refractivity contribution in [3.8, 4) is 5.69 Å². The van der Waals surface area contributed by atoms with Crippen LogP contribution in [0.25, 0.3) is 22.5 Å². The first kappa shape index (κ1) is 27.2. The number of anilines is 2. The molecule has 12 heteroatoms. The maximum atomic E-state index is 13.9. The summed E-state index contributed by atoms with van der Waals surface area (Å²) in [5, 5.41) is 7.41. The van der Waals surface area contributed by atoms with Crippen LogP contribution in [0.4, 0.5) is 11.6 Å². The molecule has 0 spiro atoms. The van der Waals surface area contributed by atoms with E-state index in [4.69, 9.17) is 23.2 Å². The summed E-state index contributed by atoms with van der Waals surface area (Å²) in [6, 6.07) is 11.2. The Hall–Kier alpha value is -3.99. The third kappa shape index (κ3) is 4.92. The molecule has 210 valence electrons. The molecule has 0 bridgehead atoms. The van der Waals surface area contributed by atoms with Gasteiger partial charge in [0.15, 0.2) is 5.65 Å². The van der Waals surface area contributed by atoms with Crippen LogP contribution in [0.15, 0.2) is 53.6 Å². The summed E-state index contributed by atoms with van der Waals surface area (Å²) in [6.07, 6.45) is 5.25. The predicted octanol–water partition coefficient (Wildman–Crippen LogP) is 4.96. The fourth-order valence-corrected chi connectivity index (χ4v) is 5.94. The van der Waals surface area contributed by atoms with Crippen LogP contribution in [0.3, 0.4) is 0 Å². The molecular formula is C29H28Cl2N8O2. The van der Waals surface area contributed by atoms with E-state index >= 15 is 0 Å². The van der Waals surface area contributed by atoms with E-state index in [2.05, 4.69) is 44.6 Å². The number of imidazole rings is 1. The quantitative estimate of drug-likeness (QED) is 0.298. The number of nitrogens with zero attached hydrogens (tertiary/aromatic N) is 6. The number of piperidine rings is 1. The Balaban J connectivity index is 1.48. The summed E-state index contributed by atoms with van der Waals surface area (Å²) in [6.45, 7) is 4.18. The number of carbonyl (C=O) groups is 1. The summed E-state index contributed by atoms with van der Waals surface area (Å²) in [4.78, 5) is 41.8. The third-order valence-corrected chi connectivity index (χ3v) is 8.02. The van der Waals surface area contributed by atoms with E-state index in [-0.39, 0.29) is 44.1 Å². The Kier molecular flexibility index (Phi) is 7.14. The van der Waals surface area contributed by atoms with Crippen molar-refractivity contribution in [1.82, 2.24) is 34.1 Å². The summed E-state index contributed by atoms with van der Waals surface area (Å²) in [5.74, 6) is 0.664. The Morgan fingerprint density at radius 2 is 1.83 bits per heavy atom. The maximum absolute atomic E-state index is 13.9. The van der Waals surface area contributed by atoms with Crippen LogP contribution < -0.4 is 16.2 Å². The number of hydrogen-bond acceptors (Lipinski definition) is 7. The molecule has 0 unspecified atom stereocenters. The van der Waals surface area contributed by atoms with Crippen molar-refractivity contribution in [3.05, 3.63) is 86.0 Å². The summed E-state index contributed by atoms with van der Waals surface area (Å²) < 4.78 is 2.88. The van der Waals surface area contributed by atoms with E-state index in [1.165, 1.54) is 26.8 Å². The second-order valence-corrected chi connectivity index (χ2v) is 11.2. The number of hydrogen-bond donors (Lipinski definition) is 2. The summed E-state index contributed by atoms with van der Waals surface area (Å²) >= 11 is 13.0. The topological polar surface area (TPSA) is 109 Å². The highest BCUT2D eigenvalue weighted by Crippen LogP contribution is 2.31. The first-order valence-electron chi connectivity index (χ1n) is 13.3. The van der Waals surface area contributed by atoms with E-state index in [1.807, 2.05) is 6.07 Å². The molecule has 4 heterocycles. The molecule has 1 aliphatic heterocycles. The molecule has 41 heavy (non-hydrogen) atoms. The molecule has 3 aromatic heterocycles. The van der Waals surface area contributed by atoms with Crippen molar-refractivity contribution in [1.29, 1.82) is 0 Å². The Labute approximate surface area is 246 Å². The van der Waals surface area contributed by atoms with E-state index in [0.717, 1.165) is 31.6 Å². The number of aromatic nitrogens is 5. The minimum absolute atomic E-state index is 0.135. The lowest BCUT2D eigenvalue weighted by molar-refractivity contribution is 0.0822. The summed E-state index contributed by atoms with van der Waals surface area (Å²) in [5.41, 5.74) is 3.60. The number of nitrogens with one attached hydrogen (secondary N) is 2. The van der Waals surface area contributed by atoms with Crippen molar-refractivity contribution < 1.29 is 4.79 Å². The molecule has 1 saturated heterocycles. The van der Waals surface area contributed by atoms with Gasteiger partial charge in [0.2, 0.25) is 11.7 Å². The van der Waals surface area contributed by atoms with E-state index in [9.17, 15) is 9.59 Å². The molecular weight excluding hydrogens is 563 g/mol. The molecule has 0 aliphatic carbocycles.